The zero-order valence-corrected chi connectivity index (χ0v) is 20.9. The number of aliphatic hydroxyl groups is 1. The van der Waals surface area contributed by atoms with E-state index in [1.54, 1.807) is 17.8 Å². The van der Waals surface area contributed by atoms with Crippen LogP contribution in [-0.2, 0) is 9.53 Å². The second kappa shape index (κ2) is 8.67. The number of benzene rings is 1. The molecule has 1 saturated carbocycles. The minimum Gasteiger partial charge on any atom is -0.383 e. The third-order valence-electron chi connectivity index (χ3n) is 9.01. The topological polar surface area (TPSA) is 46.5 Å². The first kappa shape index (κ1) is 25.9. The molecule has 1 heterocycles. The standard InChI is InChI=1S/C27H29F5O3S/c1-24-14-35-23(15-3-7-18(36-2)8-4-15)22-19-10-6-17(33)13-16(19)5-9-20(22)21(24)11-12-25(24,34)26(28,29)27(30,31)32/h3-4,7-8,13,20-21,23,34H,5-6,9-12,14H2,1-2H3. The van der Waals surface area contributed by atoms with Gasteiger partial charge in [0.05, 0.1) is 6.61 Å². The molecule has 3 aliphatic carbocycles. The van der Waals surface area contributed by atoms with E-state index < -0.39 is 48.2 Å². The molecule has 2 fully saturated rings. The molecule has 1 saturated heterocycles. The number of carbonyl (C=O) groups is 1. The average Bonchev–Trinajstić information content (AvgIpc) is 3.02. The van der Waals surface area contributed by atoms with E-state index in [9.17, 15) is 31.9 Å². The van der Waals surface area contributed by atoms with Crippen molar-refractivity contribution in [2.45, 2.75) is 74.1 Å². The lowest BCUT2D eigenvalue weighted by atomic mass is 9.60. The van der Waals surface area contributed by atoms with Gasteiger partial charge < -0.3 is 9.84 Å². The largest absolute Gasteiger partial charge is 0.456 e. The number of thioether (sulfide) groups is 1. The van der Waals surface area contributed by atoms with Gasteiger partial charge >= 0.3 is 12.1 Å². The van der Waals surface area contributed by atoms with E-state index in [0.717, 1.165) is 27.2 Å². The number of ether oxygens (including phenoxy) is 1. The van der Waals surface area contributed by atoms with Crippen molar-refractivity contribution in [3.63, 3.8) is 0 Å². The molecule has 1 aromatic carbocycles. The van der Waals surface area contributed by atoms with Crippen LogP contribution < -0.4 is 0 Å². The fourth-order valence-electron chi connectivity index (χ4n) is 7.07. The molecule has 0 bridgehead atoms. The number of halogens is 5. The molecule has 3 nitrogen and oxygen atoms in total. The molecule has 4 aliphatic rings. The van der Waals surface area contributed by atoms with Crippen molar-refractivity contribution in [2.24, 2.45) is 17.3 Å². The van der Waals surface area contributed by atoms with Crippen LogP contribution in [0.1, 0.15) is 57.1 Å². The summed E-state index contributed by atoms with van der Waals surface area (Å²) in [7, 11) is 0. The van der Waals surface area contributed by atoms with Crippen molar-refractivity contribution in [2.75, 3.05) is 12.9 Å². The van der Waals surface area contributed by atoms with Crippen molar-refractivity contribution in [3.8, 4) is 0 Å². The Morgan fingerprint density at radius 1 is 1.06 bits per heavy atom. The van der Waals surface area contributed by atoms with Crippen molar-refractivity contribution < 1.29 is 36.6 Å². The summed E-state index contributed by atoms with van der Waals surface area (Å²) in [6.07, 6.45) is -1.69. The highest BCUT2D eigenvalue weighted by molar-refractivity contribution is 7.98. The highest BCUT2D eigenvalue weighted by atomic mass is 32.2. The quantitative estimate of drug-likeness (QED) is 0.346. The van der Waals surface area contributed by atoms with Crippen LogP contribution in [0.5, 0.6) is 0 Å². The van der Waals surface area contributed by atoms with Crippen LogP contribution in [0.3, 0.4) is 0 Å². The van der Waals surface area contributed by atoms with Gasteiger partial charge in [0.1, 0.15) is 11.7 Å². The van der Waals surface area contributed by atoms with Crippen LogP contribution in [0.4, 0.5) is 22.0 Å². The molecule has 0 radical (unpaired) electrons. The summed E-state index contributed by atoms with van der Waals surface area (Å²) < 4.78 is 76.8. The van der Waals surface area contributed by atoms with Gasteiger partial charge in [-0.2, -0.15) is 22.0 Å². The molecule has 1 N–H and O–H groups in total. The van der Waals surface area contributed by atoms with Gasteiger partial charge in [-0.1, -0.05) is 19.1 Å². The molecule has 1 aliphatic heterocycles. The van der Waals surface area contributed by atoms with Crippen LogP contribution in [0.2, 0.25) is 0 Å². The number of ketones is 1. The molecule has 9 heteroatoms. The second-order valence-corrected chi connectivity index (χ2v) is 11.6. The van der Waals surface area contributed by atoms with Gasteiger partial charge in [-0.05, 0) is 90.7 Å². The maximum atomic E-state index is 14.9. The van der Waals surface area contributed by atoms with Crippen molar-refractivity contribution >= 4 is 17.5 Å². The highest BCUT2D eigenvalue weighted by Gasteiger charge is 2.78. The van der Waals surface area contributed by atoms with Crippen LogP contribution in [0, 0.1) is 17.3 Å². The predicted octanol–water partition coefficient (Wildman–Crippen LogP) is 6.82. The smallest absolute Gasteiger partial charge is 0.383 e. The van der Waals surface area contributed by atoms with Gasteiger partial charge in [0, 0.05) is 16.7 Å². The van der Waals surface area contributed by atoms with Crippen molar-refractivity contribution in [1.29, 1.82) is 0 Å². The number of alkyl halides is 5. The zero-order valence-electron chi connectivity index (χ0n) is 20.1. The number of fused-ring (bicyclic) bond motifs is 4. The molecule has 196 valence electrons. The van der Waals surface area contributed by atoms with E-state index in [1.165, 1.54) is 6.92 Å². The molecule has 5 rings (SSSR count). The minimum absolute atomic E-state index is 0.0353. The molecule has 5 unspecified atom stereocenters. The molecular formula is C27H29F5O3S. The van der Waals surface area contributed by atoms with Crippen LogP contribution in [-0.4, -0.2) is 41.5 Å². The predicted molar refractivity (Wildman–Crippen MR) is 126 cm³/mol. The number of rotatable bonds is 3. The highest BCUT2D eigenvalue weighted by Crippen LogP contribution is 2.66. The van der Waals surface area contributed by atoms with E-state index >= 15 is 0 Å². The van der Waals surface area contributed by atoms with Crippen LogP contribution in [0.15, 0.2) is 52.0 Å². The third kappa shape index (κ3) is 3.63. The lowest BCUT2D eigenvalue weighted by Crippen LogP contribution is -2.65. The first-order chi connectivity index (χ1) is 16.8. The molecule has 0 amide bonds. The third-order valence-corrected chi connectivity index (χ3v) is 9.75. The lowest BCUT2D eigenvalue weighted by molar-refractivity contribution is -0.363. The van der Waals surface area contributed by atoms with Crippen molar-refractivity contribution in [1.82, 2.24) is 0 Å². The SMILES string of the molecule is CSc1ccc(C2OCC3(C)C(CCC3(O)C(F)(F)C(F)(F)F)C3CCC4=CC(=O)CCC4=C23)cc1. The maximum Gasteiger partial charge on any atom is 0.456 e. The monoisotopic (exact) mass is 528 g/mol. The van der Waals surface area contributed by atoms with Gasteiger partial charge in [0.15, 0.2) is 5.78 Å². The van der Waals surface area contributed by atoms with Gasteiger partial charge in [-0.15, -0.1) is 11.8 Å². The Labute approximate surface area is 211 Å². The Balaban J connectivity index is 1.67. The van der Waals surface area contributed by atoms with Gasteiger partial charge in [0.2, 0.25) is 0 Å². The first-order valence-corrected chi connectivity index (χ1v) is 13.5. The van der Waals surface area contributed by atoms with Crippen LogP contribution in [0.25, 0.3) is 0 Å². The number of allylic oxidation sites excluding steroid dienone is 3. The summed E-state index contributed by atoms with van der Waals surface area (Å²) in [6.45, 7) is 0.904. The first-order valence-electron chi connectivity index (χ1n) is 12.2. The average molecular weight is 529 g/mol. The number of hydrogen-bond donors (Lipinski definition) is 1. The Morgan fingerprint density at radius 3 is 2.39 bits per heavy atom. The summed E-state index contributed by atoms with van der Waals surface area (Å²) in [6, 6.07) is 7.64. The maximum absolute atomic E-state index is 14.9. The summed E-state index contributed by atoms with van der Waals surface area (Å²) in [5, 5.41) is 11.2. The van der Waals surface area contributed by atoms with Crippen molar-refractivity contribution in [3.05, 3.63) is 52.6 Å². The molecule has 36 heavy (non-hydrogen) atoms. The molecule has 5 atom stereocenters. The van der Waals surface area contributed by atoms with Gasteiger partial charge in [0.25, 0.3) is 0 Å². The number of carbonyl (C=O) groups excluding carboxylic acids is 1. The summed E-state index contributed by atoms with van der Waals surface area (Å²) in [5.41, 5.74) is -1.56. The molecule has 0 aromatic heterocycles. The lowest BCUT2D eigenvalue weighted by Gasteiger charge is -2.47. The minimum atomic E-state index is -5.88. The fourth-order valence-corrected chi connectivity index (χ4v) is 7.48. The van der Waals surface area contributed by atoms with E-state index in [-0.39, 0.29) is 18.1 Å². The van der Waals surface area contributed by atoms with Gasteiger partial charge in [-0.3, -0.25) is 4.79 Å². The number of hydrogen-bond acceptors (Lipinski definition) is 4. The Hall–Kier alpha value is -1.71. The molecule has 1 aromatic rings. The summed E-state index contributed by atoms with van der Waals surface area (Å²) >= 11 is 1.56. The summed E-state index contributed by atoms with van der Waals surface area (Å²) in [5.74, 6) is -6.20. The molecular weight excluding hydrogens is 499 g/mol. The zero-order chi connectivity index (χ0) is 26.1. The van der Waals surface area contributed by atoms with E-state index in [4.69, 9.17) is 4.74 Å². The van der Waals surface area contributed by atoms with E-state index in [1.807, 2.05) is 30.5 Å². The van der Waals surface area contributed by atoms with E-state index in [2.05, 4.69) is 0 Å². The fraction of sp³-hybridized carbons (Fsp3) is 0.593. The Bertz CT molecular complexity index is 1130. The Kier molecular flexibility index (Phi) is 6.24. The van der Waals surface area contributed by atoms with Gasteiger partial charge in [-0.25, -0.2) is 0 Å². The second-order valence-electron chi connectivity index (χ2n) is 10.7. The van der Waals surface area contributed by atoms with Crippen LogP contribution >= 0.6 is 11.8 Å². The molecule has 0 spiro atoms. The normalized spacial score (nSPS) is 35.1. The Morgan fingerprint density at radius 2 is 1.75 bits per heavy atom. The summed E-state index contributed by atoms with van der Waals surface area (Å²) in [4.78, 5) is 13.2. The van der Waals surface area contributed by atoms with E-state index in [0.29, 0.717) is 25.7 Å².